The third kappa shape index (κ3) is 2.44. The Hall–Kier alpha value is -0.0900. The minimum Gasteiger partial charge on any atom is -0.233 e. The monoisotopic (exact) mass is 206 g/mol. The number of hydrogen-bond donors (Lipinski definition) is 0. The summed E-state index contributed by atoms with van der Waals surface area (Å²) in [6, 6.07) is 0. The van der Waals surface area contributed by atoms with Crippen molar-refractivity contribution in [2.75, 3.05) is 20.1 Å². The van der Waals surface area contributed by atoms with Crippen LogP contribution in [0, 0.1) is 0 Å². The van der Waals surface area contributed by atoms with Crippen LogP contribution in [-0.4, -0.2) is 33.4 Å². The fraction of sp³-hybridized carbons (Fsp3) is 1.00. The molecule has 13 heavy (non-hydrogen) atoms. The molecule has 1 atom stereocenters. The first kappa shape index (κ1) is 12.9. The number of hydrogen-bond acceptors (Lipinski definition) is 2. The number of nitrogens with zero attached hydrogens (tertiary/aromatic N) is 2. The second-order valence-electron chi connectivity index (χ2n) is 3.91. The normalized spacial score (nSPS) is 17.2. The maximum absolute atomic E-state index is 12.5. The quantitative estimate of drug-likeness (QED) is 0.696. The summed E-state index contributed by atoms with van der Waals surface area (Å²) >= 11 is 0. The molecule has 0 N–H and O–H groups in total. The first-order valence-electron chi connectivity index (χ1n) is 4.73. The summed E-state index contributed by atoms with van der Waals surface area (Å²) in [5.41, 5.74) is 0. The first-order chi connectivity index (χ1) is 5.83. The molecule has 0 saturated carbocycles. The van der Waals surface area contributed by atoms with E-state index in [4.69, 9.17) is 0 Å². The average Bonchev–Trinajstić information content (AvgIpc) is 2.04. The van der Waals surface area contributed by atoms with Crippen molar-refractivity contribution in [1.82, 2.24) is 4.31 Å². The minimum absolute atomic E-state index is 0.284. The van der Waals surface area contributed by atoms with E-state index >= 15 is 0 Å². The van der Waals surface area contributed by atoms with Crippen LogP contribution in [0.15, 0.2) is 4.36 Å². The zero-order chi connectivity index (χ0) is 10.7. The fourth-order valence-electron chi connectivity index (χ4n) is 1.35. The molecule has 0 saturated heterocycles. The van der Waals surface area contributed by atoms with E-state index in [1.54, 1.807) is 7.05 Å². The summed E-state index contributed by atoms with van der Waals surface area (Å²) in [5, 5.41) is 0. The Bertz CT molecular complexity index is 255. The van der Waals surface area contributed by atoms with Gasteiger partial charge in [-0.05, 0) is 20.8 Å². The lowest BCUT2D eigenvalue weighted by molar-refractivity contribution is 0.463. The van der Waals surface area contributed by atoms with E-state index in [0.29, 0.717) is 0 Å². The molecule has 0 radical (unpaired) electrons. The molecule has 3 nitrogen and oxygen atoms in total. The molecule has 0 bridgehead atoms. The predicted octanol–water partition coefficient (Wildman–Crippen LogP) is 2.14. The molecule has 0 aliphatic heterocycles. The maximum Gasteiger partial charge on any atom is 0.115 e. The average molecular weight is 206 g/mol. The predicted molar refractivity (Wildman–Crippen MR) is 59.2 cm³/mol. The molecule has 0 aliphatic rings. The van der Waals surface area contributed by atoms with Gasteiger partial charge >= 0.3 is 0 Å². The van der Waals surface area contributed by atoms with Crippen molar-refractivity contribution in [3.8, 4) is 0 Å². The van der Waals surface area contributed by atoms with Crippen molar-refractivity contribution in [2.24, 2.45) is 4.36 Å². The van der Waals surface area contributed by atoms with Gasteiger partial charge in [-0.3, -0.25) is 0 Å². The van der Waals surface area contributed by atoms with Crippen LogP contribution in [-0.2, 0) is 9.92 Å². The molecule has 0 aliphatic carbocycles. The highest BCUT2D eigenvalue weighted by Gasteiger charge is 2.30. The third-order valence-electron chi connectivity index (χ3n) is 2.10. The van der Waals surface area contributed by atoms with Crippen LogP contribution in [0.4, 0.5) is 0 Å². The number of rotatable bonds is 3. The summed E-state index contributed by atoms with van der Waals surface area (Å²) < 4.78 is 18.2. The van der Waals surface area contributed by atoms with Gasteiger partial charge in [-0.1, -0.05) is 13.8 Å². The van der Waals surface area contributed by atoms with Crippen LogP contribution < -0.4 is 0 Å². The summed E-state index contributed by atoms with van der Waals surface area (Å²) in [6.45, 7) is 11.5. The Morgan fingerprint density at radius 3 is 1.69 bits per heavy atom. The molecule has 1 unspecified atom stereocenters. The lowest BCUT2D eigenvalue weighted by atomic mass is 10.3. The second-order valence-corrected chi connectivity index (χ2v) is 7.01. The summed E-state index contributed by atoms with van der Waals surface area (Å²) in [5.74, 6) is 0. The lowest BCUT2D eigenvalue weighted by Gasteiger charge is -2.32. The van der Waals surface area contributed by atoms with Crippen molar-refractivity contribution in [3.05, 3.63) is 0 Å². The third-order valence-corrected chi connectivity index (χ3v) is 5.41. The van der Waals surface area contributed by atoms with Crippen LogP contribution in [0.5, 0.6) is 0 Å². The highest BCUT2D eigenvalue weighted by atomic mass is 32.2. The van der Waals surface area contributed by atoms with Crippen LogP contribution in [0.2, 0.25) is 0 Å². The molecule has 0 aromatic carbocycles. The largest absolute Gasteiger partial charge is 0.233 e. The molecule has 0 heterocycles. The highest BCUT2D eigenvalue weighted by molar-refractivity contribution is 7.92. The van der Waals surface area contributed by atoms with Gasteiger partial charge in [0.15, 0.2) is 0 Å². The minimum atomic E-state index is -2.23. The van der Waals surface area contributed by atoms with Gasteiger partial charge in [0.05, 0.1) is 4.75 Å². The molecule has 0 amide bonds. The topological polar surface area (TPSA) is 32.7 Å². The van der Waals surface area contributed by atoms with Crippen LogP contribution in [0.25, 0.3) is 0 Å². The molecule has 0 aromatic rings. The standard InChI is InChI=1S/C9H22N2OS/c1-7-11(8-2)13(12,10-6)9(3,4)5/h7-8H2,1-6H3. The molecule has 0 aromatic heterocycles. The van der Waals surface area contributed by atoms with E-state index in [2.05, 4.69) is 4.36 Å². The molecule has 0 rings (SSSR count). The summed E-state index contributed by atoms with van der Waals surface area (Å²) in [4.78, 5) is 0. The van der Waals surface area contributed by atoms with E-state index in [9.17, 15) is 4.21 Å². The van der Waals surface area contributed by atoms with Crippen LogP contribution in [0.3, 0.4) is 0 Å². The maximum atomic E-state index is 12.5. The molecule has 0 fully saturated rings. The van der Waals surface area contributed by atoms with Gasteiger partial charge in [0.1, 0.15) is 9.92 Å². The zero-order valence-corrected chi connectivity index (χ0v) is 10.4. The van der Waals surface area contributed by atoms with Gasteiger partial charge in [-0.2, -0.15) is 0 Å². The second kappa shape index (κ2) is 4.42. The van der Waals surface area contributed by atoms with Gasteiger partial charge in [-0.25, -0.2) is 12.9 Å². The van der Waals surface area contributed by atoms with Crippen molar-refractivity contribution in [1.29, 1.82) is 0 Å². The summed E-state index contributed by atoms with van der Waals surface area (Å²) in [7, 11) is -0.581. The summed E-state index contributed by atoms with van der Waals surface area (Å²) in [6.07, 6.45) is 0. The van der Waals surface area contributed by atoms with E-state index in [0.717, 1.165) is 13.1 Å². The highest BCUT2D eigenvalue weighted by Crippen LogP contribution is 2.22. The smallest absolute Gasteiger partial charge is 0.115 e. The van der Waals surface area contributed by atoms with Crippen molar-refractivity contribution < 1.29 is 4.21 Å². The Morgan fingerprint density at radius 1 is 1.23 bits per heavy atom. The lowest BCUT2D eigenvalue weighted by Crippen LogP contribution is -2.42. The van der Waals surface area contributed by atoms with E-state index in [1.807, 2.05) is 38.9 Å². The Balaban J connectivity index is 5.21. The molecular weight excluding hydrogens is 184 g/mol. The van der Waals surface area contributed by atoms with Crippen molar-refractivity contribution >= 4 is 9.92 Å². The van der Waals surface area contributed by atoms with Gasteiger partial charge in [0.25, 0.3) is 0 Å². The Labute approximate surface area is 82.8 Å². The molecule has 4 heteroatoms. The van der Waals surface area contributed by atoms with Gasteiger partial charge in [0.2, 0.25) is 0 Å². The Morgan fingerprint density at radius 2 is 1.62 bits per heavy atom. The molecule has 80 valence electrons. The molecular formula is C9H22N2OS. The van der Waals surface area contributed by atoms with E-state index in [1.165, 1.54) is 0 Å². The first-order valence-corrected chi connectivity index (χ1v) is 6.20. The van der Waals surface area contributed by atoms with Gasteiger partial charge < -0.3 is 0 Å². The van der Waals surface area contributed by atoms with Crippen LogP contribution in [0.1, 0.15) is 34.6 Å². The Kier molecular flexibility index (Phi) is 4.39. The van der Waals surface area contributed by atoms with Crippen molar-refractivity contribution in [3.63, 3.8) is 0 Å². The fourth-order valence-corrected chi connectivity index (χ4v) is 3.60. The zero-order valence-electron chi connectivity index (χ0n) is 9.63. The SMILES string of the molecule is CCN(CC)S(=O)(=NC)C(C)(C)C. The van der Waals surface area contributed by atoms with Gasteiger partial charge in [0, 0.05) is 20.1 Å². The van der Waals surface area contributed by atoms with Gasteiger partial charge in [-0.15, -0.1) is 0 Å². The van der Waals surface area contributed by atoms with Crippen LogP contribution >= 0.6 is 0 Å². The van der Waals surface area contributed by atoms with E-state index < -0.39 is 9.92 Å². The van der Waals surface area contributed by atoms with Crippen molar-refractivity contribution in [2.45, 2.75) is 39.4 Å². The van der Waals surface area contributed by atoms with E-state index in [-0.39, 0.29) is 4.75 Å². The molecule has 0 spiro atoms.